The summed E-state index contributed by atoms with van der Waals surface area (Å²) in [4.78, 5) is 23.6. The van der Waals surface area contributed by atoms with Crippen LogP contribution in [0.3, 0.4) is 0 Å². The van der Waals surface area contributed by atoms with Crippen molar-refractivity contribution in [2.24, 2.45) is 7.05 Å². The van der Waals surface area contributed by atoms with Gasteiger partial charge in [0.15, 0.2) is 0 Å². The summed E-state index contributed by atoms with van der Waals surface area (Å²) < 4.78 is 1.71. The topological polar surface area (TPSA) is 95.6 Å². The van der Waals surface area contributed by atoms with Gasteiger partial charge in [-0.05, 0) is 12.1 Å². The smallest absolute Gasteiger partial charge is 0.272 e. The van der Waals surface area contributed by atoms with Crippen LogP contribution in [0.2, 0.25) is 0 Å². The number of anilines is 1. The number of benzene rings is 1. The van der Waals surface area contributed by atoms with Crippen LogP contribution >= 0.6 is 0 Å². The molecule has 0 aliphatic carbocycles. The number of hydrogen-bond donors (Lipinski definition) is 3. The molecule has 1 aromatic carbocycles. The van der Waals surface area contributed by atoms with Crippen molar-refractivity contribution in [2.75, 3.05) is 5.32 Å². The summed E-state index contributed by atoms with van der Waals surface area (Å²) in [7, 11) is 1.84. The quantitative estimate of drug-likeness (QED) is 0.648. The highest BCUT2D eigenvalue weighted by Gasteiger charge is 2.08. The van der Waals surface area contributed by atoms with Gasteiger partial charge in [0.1, 0.15) is 0 Å². The van der Waals surface area contributed by atoms with Gasteiger partial charge in [-0.15, -0.1) is 0 Å². The number of aromatic amines is 2. The number of nitrogens with zero attached hydrogens (tertiary/aromatic N) is 2. The molecule has 2 aromatic heterocycles. The number of nitrogens with one attached hydrogen (secondary N) is 3. The molecular formula is C13H13N5O2. The fourth-order valence-corrected chi connectivity index (χ4v) is 2.14. The number of H-pyrrole nitrogens is 2. The van der Waals surface area contributed by atoms with Crippen LogP contribution in [0.1, 0.15) is 5.56 Å². The number of hydrogen-bond acceptors (Lipinski definition) is 4. The molecule has 0 aliphatic heterocycles. The van der Waals surface area contributed by atoms with Gasteiger partial charge in [0, 0.05) is 31.0 Å². The van der Waals surface area contributed by atoms with Gasteiger partial charge in [0.25, 0.3) is 11.1 Å². The van der Waals surface area contributed by atoms with Gasteiger partial charge in [-0.2, -0.15) is 5.10 Å². The molecule has 3 rings (SSSR count). The van der Waals surface area contributed by atoms with Gasteiger partial charge >= 0.3 is 0 Å². The van der Waals surface area contributed by atoms with E-state index in [0.29, 0.717) is 23.0 Å². The average molecular weight is 271 g/mol. The van der Waals surface area contributed by atoms with Crippen LogP contribution in [-0.2, 0) is 13.6 Å². The molecule has 0 saturated heterocycles. The summed E-state index contributed by atoms with van der Waals surface area (Å²) >= 11 is 0. The van der Waals surface area contributed by atoms with Crippen molar-refractivity contribution >= 4 is 16.5 Å². The Morgan fingerprint density at radius 3 is 2.80 bits per heavy atom. The van der Waals surface area contributed by atoms with Crippen LogP contribution in [-0.4, -0.2) is 20.0 Å². The summed E-state index contributed by atoms with van der Waals surface area (Å²) in [6, 6.07) is 5.13. The van der Waals surface area contributed by atoms with Crippen molar-refractivity contribution in [2.45, 2.75) is 6.54 Å². The Balaban J connectivity index is 2.01. The Kier molecular flexibility index (Phi) is 2.86. The minimum absolute atomic E-state index is 0.315. The first-order valence-electron chi connectivity index (χ1n) is 6.10. The van der Waals surface area contributed by atoms with Gasteiger partial charge in [0.2, 0.25) is 0 Å². The zero-order valence-corrected chi connectivity index (χ0v) is 10.8. The Morgan fingerprint density at radius 2 is 2.05 bits per heavy atom. The molecule has 2 heterocycles. The van der Waals surface area contributed by atoms with Gasteiger partial charge in [-0.3, -0.25) is 24.5 Å². The number of aromatic nitrogens is 4. The summed E-state index contributed by atoms with van der Waals surface area (Å²) in [5.41, 5.74) is 0.975. The SMILES string of the molecule is Cn1cc(CNc2cccc3c(=O)[nH][nH]c(=O)c23)cn1. The highest BCUT2D eigenvalue weighted by atomic mass is 16.1. The molecule has 20 heavy (non-hydrogen) atoms. The minimum atomic E-state index is -0.325. The summed E-state index contributed by atoms with van der Waals surface area (Å²) in [5, 5.41) is 12.6. The van der Waals surface area contributed by atoms with Crippen LogP contribution in [0.25, 0.3) is 10.8 Å². The van der Waals surface area contributed by atoms with E-state index in [2.05, 4.69) is 20.6 Å². The van der Waals surface area contributed by atoms with Crippen molar-refractivity contribution in [3.8, 4) is 0 Å². The first-order chi connectivity index (χ1) is 9.65. The molecular weight excluding hydrogens is 258 g/mol. The van der Waals surface area contributed by atoms with Gasteiger partial charge in [0.05, 0.1) is 17.0 Å². The predicted molar refractivity (Wildman–Crippen MR) is 75.7 cm³/mol. The summed E-state index contributed by atoms with van der Waals surface area (Å²) in [6.45, 7) is 0.527. The van der Waals surface area contributed by atoms with Crippen molar-refractivity contribution in [3.05, 3.63) is 56.9 Å². The first kappa shape index (κ1) is 12.2. The van der Waals surface area contributed by atoms with Crippen LogP contribution in [0, 0.1) is 0 Å². The van der Waals surface area contributed by atoms with E-state index >= 15 is 0 Å². The minimum Gasteiger partial charge on any atom is -0.380 e. The number of rotatable bonds is 3. The molecule has 0 atom stereocenters. The molecule has 0 unspecified atom stereocenters. The molecule has 102 valence electrons. The maximum atomic E-state index is 11.9. The highest BCUT2D eigenvalue weighted by Crippen LogP contribution is 2.17. The van der Waals surface area contributed by atoms with Gasteiger partial charge in [-0.25, -0.2) is 0 Å². The monoisotopic (exact) mass is 271 g/mol. The van der Waals surface area contributed by atoms with Crippen molar-refractivity contribution in [3.63, 3.8) is 0 Å². The third kappa shape index (κ3) is 2.09. The maximum absolute atomic E-state index is 11.9. The Labute approximate surface area is 113 Å². The van der Waals surface area contributed by atoms with E-state index in [1.54, 1.807) is 29.1 Å². The standard InChI is InChI=1S/C13H13N5O2/c1-18-7-8(6-15-18)5-14-10-4-2-3-9-11(10)13(20)17-16-12(9)19/h2-4,6-7,14H,5H2,1H3,(H,16,19)(H,17,20). The van der Waals surface area contributed by atoms with Crippen LogP contribution < -0.4 is 16.4 Å². The third-order valence-corrected chi connectivity index (χ3v) is 3.07. The van der Waals surface area contributed by atoms with E-state index < -0.39 is 0 Å². The molecule has 0 amide bonds. The maximum Gasteiger partial charge on any atom is 0.272 e. The van der Waals surface area contributed by atoms with Crippen molar-refractivity contribution < 1.29 is 0 Å². The van der Waals surface area contributed by atoms with E-state index in [-0.39, 0.29) is 11.1 Å². The van der Waals surface area contributed by atoms with E-state index in [9.17, 15) is 9.59 Å². The molecule has 3 N–H and O–H groups in total. The molecule has 0 spiro atoms. The lowest BCUT2D eigenvalue weighted by molar-refractivity contribution is 0.767. The Morgan fingerprint density at radius 1 is 1.25 bits per heavy atom. The second kappa shape index (κ2) is 4.69. The average Bonchev–Trinajstić information content (AvgIpc) is 2.86. The van der Waals surface area contributed by atoms with Crippen LogP contribution in [0.5, 0.6) is 0 Å². The summed E-state index contributed by atoms with van der Waals surface area (Å²) in [6.07, 6.45) is 3.63. The second-order valence-corrected chi connectivity index (χ2v) is 4.51. The number of fused-ring (bicyclic) bond motifs is 1. The largest absolute Gasteiger partial charge is 0.380 e. The summed E-state index contributed by atoms with van der Waals surface area (Å²) in [5.74, 6) is 0. The van der Waals surface area contributed by atoms with Crippen molar-refractivity contribution in [1.82, 2.24) is 20.0 Å². The molecule has 0 radical (unpaired) electrons. The lowest BCUT2D eigenvalue weighted by Gasteiger charge is -2.07. The molecule has 0 saturated carbocycles. The van der Waals surface area contributed by atoms with Crippen LogP contribution in [0.15, 0.2) is 40.2 Å². The Bertz CT molecular complexity index is 874. The molecule has 0 bridgehead atoms. The number of aryl methyl sites for hydroxylation is 1. The van der Waals surface area contributed by atoms with E-state index in [4.69, 9.17) is 0 Å². The van der Waals surface area contributed by atoms with Crippen LogP contribution in [0.4, 0.5) is 5.69 Å². The van der Waals surface area contributed by atoms with Crippen molar-refractivity contribution in [1.29, 1.82) is 0 Å². The lowest BCUT2D eigenvalue weighted by atomic mass is 10.1. The molecule has 3 aromatic rings. The molecule has 0 fully saturated rings. The predicted octanol–water partition coefficient (Wildman–Crippen LogP) is 0.562. The van der Waals surface area contributed by atoms with E-state index in [1.807, 2.05) is 13.2 Å². The lowest BCUT2D eigenvalue weighted by Crippen LogP contribution is -2.20. The second-order valence-electron chi connectivity index (χ2n) is 4.51. The zero-order valence-electron chi connectivity index (χ0n) is 10.8. The molecule has 7 nitrogen and oxygen atoms in total. The molecule has 0 aliphatic rings. The van der Waals surface area contributed by atoms with Gasteiger partial charge in [-0.1, -0.05) is 6.07 Å². The zero-order chi connectivity index (χ0) is 14.1. The highest BCUT2D eigenvalue weighted by molar-refractivity contribution is 5.92. The van der Waals surface area contributed by atoms with E-state index in [0.717, 1.165) is 5.56 Å². The normalized spacial score (nSPS) is 10.8. The molecule has 7 heteroatoms. The Hall–Kier alpha value is -2.83. The first-order valence-corrected chi connectivity index (χ1v) is 6.10. The van der Waals surface area contributed by atoms with E-state index in [1.165, 1.54) is 0 Å². The fourth-order valence-electron chi connectivity index (χ4n) is 2.14. The third-order valence-electron chi connectivity index (χ3n) is 3.07. The van der Waals surface area contributed by atoms with Gasteiger partial charge < -0.3 is 5.32 Å². The fraction of sp³-hybridized carbons (Fsp3) is 0.154.